The molecule has 0 radical (unpaired) electrons. The van der Waals surface area contributed by atoms with Crippen LogP contribution in [0, 0.1) is 6.92 Å². The van der Waals surface area contributed by atoms with Gasteiger partial charge in [0.1, 0.15) is 0 Å². The van der Waals surface area contributed by atoms with Crippen molar-refractivity contribution in [3.8, 4) is 11.4 Å². The van der Waals surface area contributed by atoms with Gasteiger partial charge in [0.25, 0.3) is 0 Å². The van der Waals surface area contributed by atoms with E-state index in [1.54, 1.807) is 0 Å². The van der Waals surface area contributed by atoms with Crippen molar-refractivity contribution in [2.75, 3.05) is 0 Å². The molecular formula is C23H21N3O. The third-order valence-corrected chi connectivity index (χ3v) is 4.47. The van der Waals surface area contributed by atoms with Crippen molar-refractivity contribution in [1.29, 1.82) is 0 Å². The maximum atomic E-state index is 5.46. The van der Waals surface area contributed by atoms with Crippen LogP contribution in [0.15, 0.2) is 89.5 Å². The molecule has 0 spiro atoms. The molecule has 0 amide bonds. The summed E-state index contributed by atoms with van der Waals surface area (Å²) in [7, 11) is 0. The summed E-state index contributed by atoms with van der Waals surface area (Å²) in [4.78, 5) is 4.54. The molecule has 4 heteroatoms. The van der Waals surface area contributed by atoms with Crippen LogP contribution < -0.4 is 5.32 Å². The first-order valence-corrected chi connectivity index (χ1v) is 9.02. The fourth-order valence-corrected chi connectivity index (χ4v) is 3.14. The molecule has 0 aliphatic heterocycles. The van der Waals surface area contributed by atoms with E-state index in [1.165, 1.54) is 16.7 Å². The number of aromatic nitrogens is 2. The molecule has 1 heterocycles. The standard InChI is InChI=1S/C23H21N3O/c1-17-9-8-14-20(15-17)23-25-21(27-26-23)16-24-22(18-10-4-2-5-11-18)19-12-6-3-7-13-19/h2-15,22,24H,16H2,1H3. The van der Waals surface area contributed by atoms with Crippen LogP contribution in [0.3, 0.4) is 0 Å². The normalized spacial score (nSPS) is 11.0. The maximum absolute atomic E-state index is 5.46. The van der Waals surface area contributed by atoms with E-state index in [4.69, 9.17) is 4.52 Å². The largest absolute Gasteiger partial charge is 0.338 e. The highest BCUT2D eigenvalue weighted by Crippen LogP contribution is 2.23. The highest BCUT2D eigenvalue weighted by atomic mass is 16.5. The summed E-state index contributed by atoms with van der Waals surface area (Å²) in [5.74, 6) is 1.19. The molecule has 1 N–H and O–H groups in total. The number of benzene rings is 3. The minimum absolute atomic E-state index is 0.0571. The summed E-state index contributed by atoms with van der Waals surface area (Å²) < 4.78 is 5.46. The van der Waals surface area contributed by atoms with Crippen molar-refractivity contribution in [3.05, 3.63) is 108 Å². The molecule has 4 aromatic rings. The van der Waals surface area contributed by atoms with E-state index >= 15 is 0 Å². The number of rotatable bonds is 6. The Morgan fingerprint density at radius 2 is 1.52 bits per heavy atom. The van der Waals surface area contributed by atoms with Crippen molar-refractivity contribution in [1.82, 2.24) is 15.5 Å². The van der Waals surface area contributed by atoms with E-state index in [0.717, 1.165) is 5.56 Å². The van der Waals surface area contributed by atoms with E-state index in [0.29, 0.717) is 18.3 Å². The zero-order chi connectivity index (χ0) is 18.5. The highest BCUT2D eigenvalue weighted by Gasteiger charge is 2.15. The molecule has 27 heavy (non-hydrogen) atoms. The molecule has 4 nitrogen and oxygen atoms in total. The fourth-order valence-electron chi connectivity index (χ4n) is 3.14. The van der Waals surface area contributed by atoms with E-state index in [9.17, 15) is 0 Å². The van der Waals surface area contributed by atoms with E-state index in [-0.39, 0.29) is 6.04 Å². The summed E-state index contributed by atoms with van der Waals surface area (Å²) in [6.07, 6.45) is 0. The molecule has 4 rings (SSSR count). The molecule has 0 bridgehead atoms. The smallest absolute Gasteiger partial charge is 0.240 e. The van der Waals surface area contributed by atoms with Gasteiger partial charge >= 0.3 is 0 Å². The van der Waals surface area contributed by atoms with Gasteiger partial charge in [-0.15, -0.1) is 0 Å². The lowest BCUT2D eigenvalue weighted by molar-refractivity contribution is 0.363. The predicted octanol–water partition coefficient (Wildman–Crippen LogP) is 4.92. The van der Waals surface area contributed by atoms with Crippen LogP contribution in [0.5, 0.6) is 0 Å². The number of aryl methyl sites for hydroxylation is 1. The van der Waals surface area contributed by atoms with Crippen molar-refractivity contribution in [3.63, 3.8) is 0 Å². The van der Waals surface area contributed by atoms with Crippen LogP contribution in [0.4, 0.5) is 0 Å². The van der Waals surface area contributed by atoms with Crippen LogP contribution >= 0.6 is 0 Å². The lowest BCUT2D eigenvalue weighted by atomic mass is 9.99. The topological polar surface area (TPSA) is 51.0 Å². The van der Waals surface area contributed by atoms with Crippen molar-refractivity contribution in [2.24, 2.45) is 0 Å². The molecule has 0 unspecified atom stereocenters. The van der Waals surface area contributed by atoms with E-state index in [2.05, 4.69) is 83.0 Å². The van der Waals surface area contributed by atoms with E-state index < -0.39 is 0 Å². The van der Waals surface area contributed by atoms with Gasteiger partial charge in [0.05, 0.1) is 12.6 Å². The van der Waals surface area contributed by atoms with Gasteiger partial charge in [0, 0.05) is 5.56 Å². The summed E-state index contributed by atoms with van der Waals surface area (Å²) in [5, 5.41) is 7.67. The Hall–Kier alpha value is -3.24. The molecule has 134 valence electrons. The van der Waals surface area contributed by atoms with Gasteiger partial charge in [-0.2, -0.15) is 4.98 Å². The molecule has 0 atom stereocenters. The molecule has 0 fully saturated rings. The molecule has 0 aliphatic carbocycles. The zero-order valence-electron chi connectivity index (χ0n) is 15.2. The molecule has 1 aromatic heterocycles. The second-order valence-corrected chi connectivity index (χ2v) is 6.52. The van der Waals surface area contributed by atoms with Crippen LogP contribution in [0.2, 0.25) is 0 Å². The molecule has 3 aromatic carbocycles. The quantitative estimate of drug-likeness (QED) is 0.533. The Morgan fingerprint density at radius 3 is 2.15 bits per heavy atom. The maximum Gasteiger partial charge on any atom is 0.240 e. The van der Waals surface area contributed by atoms with Gasteiger partial charge in [0.15, 0.2) is 0 Å². The summed E-state index contributed by atoms with van der Waals surface area (Å²) in [5.41, 5.74) is 4.53. The minimum atomic E-state index is 0.0571. The van der Waals surface area contributed by atoms with Crippen LogP contribution in [-0.2, 0) is 6.54 Å². The third kappa shape index (κ3) is 4.13. The molecule has 0 aliphatic rings. The Kier molecular flexibility index (Phi) is 5.08. The Balaban J connectivity index is 1.53. The average molecular weight is 355 g/mol. The molecule has 0 saturated heterocycles. The second kappa shape index (κ2) is 7.98. The fraction of sp³-hybridized carbons (Fsp3) is 0.130. The number of hydrogen-bond acceptors (Lipinski definition) is 4. The van der Waals surface area contributed by atoms with Crippen LogP contribution in [0.1, 0.15) is 28.6 Å². The van der Waals surface area contributed by atoms with Gasteiger partial charge in [-0.25, -0.2) is 0 Å². The summed E-state index contributed by atoms with van der Waals surface area (Å²) >= 11 is 0. The zero-order valence-corrected chi connectivity index (χ0v) is 15.2. The Bertz CT molecular complexity index is 957. The lowest BCUT2D eigenvalue weighted by Crippen LogP contribution is -2.22. The highest BCUT2D eigenvalue weighted by molar-refractivity contribution is 5.55. The second-order valence-electron chi connectivity index (χ2n) is 6.52. The van der Waals surface area contributed by atoms with Crippen LogP contribution in [-0.4, -0.2) is 10.1 Å². The first kappa shape index (κ1) is 17.2. The molecular weight excluding hydrogens is 334 g/mol. The number of nitrogens with zero attached hydrogens (tertiary/aromatic N) is 2. The molecule has 0 saturated carbocycles. The Morgan fingerprint density at radius 1 is 0.852 bits per heavy atom. The lowest BCUT2D eigenvalue weighted by Gasteiger charge is -2.18. The van der Waals surface area contributed by atoms with Crippen molar-refractivity contribution >= 4 is 0 Å². The van der Waals surface area contributed by atoms with Crippen LogP contribution in [0.25, 0.3) is 11.4 Å². The van der Waals surface area contributed by atoms with E-state index in [1.807, 2.05) is 24.3 Å². The Labute approximate surface area is 158 Å². The van der Waals surface area contributed by atoms with Gasteiger partial charge in [0.2, 0.25) is 11.7 Å². The number of nitrogens with one attached hydrogen (secondary N) is 1. The van der Waals surface area contributed by atoms with Gasteiger partial charge in [-0.3, -0.25) is 5.32 Å². The number of hydrogen-bond donors (Lipinski definition) is 1. The monoisotopic (exact) mass is 355 g/mol. The summed E-state index contributed by atoms with van der Waals surface area (Å²) in [6, 6.07) is 28.9. The minimum Gasteiger partial charge on any atom is -0.338 e. The predicted molar refractivity (Wildman–Crippen MR) is 106 cm³/mol. The average Bonchev–Trinajstić information content (AvgIpc) is 3.19. The van der Waals surface area contributed by atoms with Gasteiger partial charge in [-0.1, -0.05) is 89.6 Å². The summed E-state index contributed by atoms with van der Waals surface area (Å²) in [6.45, 7) is 2.55. The van der Waals surface area contributed by atoms with Gasteiger partial charge < -0.3 is 4.52 Å². The first-order chi connectivity index (χ1) is 13.3. The van der Waals surface area contributed by atoms with Gasteiger partial charge in [-0.05, 0) is 24.1 Å². The first-order valence-electron chi connectivity index (χ1n) is 9.02. The SMILES string of the molecule is Cc1cccc(-c2noc(CNC(c3ccccc3)c3ccccc3)n2)c1. The van der Waals surface area contributed by atoms with Crippen molar-refractivity contribution < 1.29 is 4.52 Å². The third-order valence-electron chi connectivity index (χ3n) is 4.47. The van der Waals surface area contributed by atoms with Crippen molar-refractivity contribution in [2.45, 2.75) is 19.5 Å².